The molecule has 3 heteroatoms. The molecular weight excluding hydrogens is 188 g/mol. The molecule has 1 aliphatic rings. The summed E-state index contributed by atoms with van der Waals surface area (Å²) in [5.41, 5.74) is 6.11. The normalized spacial score (nSPS) is 23.0. The predicted molar refractivity (Wildman–Crippen MR) is 63.9 cm³/mol. The van der Waals surface area contributed by atoms with Gasteiger partial charge in [0.2, 0.25) is 0 Å². The van der Waals surface area contributed by atoms with Gasteiger partial charge in [-0.2, -0.15) is 0 Å². The Hall–Kier alpha value is -0.120. The Morgan fingerprint density at radius 3 is 2.47 bits per heavy atom. The Kier molecular flexibility index (Phi) is 5.03. The van der Waals surface area contributed by atoms with E-state index in [-0.39, 0.29) is 5.41 Å². The average Bonchev–Trinajstić information content (AvgIpc) is 2.30. The Balaban J connectivity index is 2.41. The van der Waals surface area contributed by atoms with Crippen LogP contribution in [0.3, 0.4) is 0 Å². The molecule has 0 saturated carbocycles. The summed E-state index contributed by atoms with van der Waals surface area (Å²) >= 11 is 0. The van der Waals surface area contributed by atoms with Crippen molar-refractivity contribution in [1.29, 1.82) is 0 Å². The van der Waals surface area contributed by atoms with Crippen molar-refractivity contribution in [3.8, 4) is 0 Å². The topological polar surface area (TPSA) is 38.5 Å². The maximum atomic E-state index is 5.84. The van der Waals surface area contributed by atoms with E-state index in [0.717, 1.165) is 32.7 Å². The predicted octanol–water partition coefficient (Wildman–Crippen LogP) is 1.47. The van der Waals surface area contributed by atoms with Crippen LogP contribution in [0.25, 0.3) is 0 Å². The van der Waals surface area contributed by atoms with Crippen molar-refractivity contribution < 1.29 is 4.74 Å². The van der Waals surface area contributed by atoms with Gasteiger partial charge in [-0.1, -0.05) is 13.8 Å². The molecule has 0 aromatic rings. The van der Waals surface area contributed by atoms with Crippen LogP contribution in [0.2, 0.25) is 0 Å². The van der Waals surface area contributed by atoms with Gasteiger partial charge in [0.1, 0.15) is 0 Å². The minimum Gasteiger partial charge on any atom is -0.381 e. The lowest BCUT2D eigenvalue weighted by atomic mass is 9.86. The molecule has 15 heavy (non-hydrogen) atoms. The zero-order valence-electron chi connectivity index (χ0n) is 10.5. The van der Waals surface area contributed by atoms with Crippen LogP contribution in [0.5, 0.6) is 0 Å². The Morgan fingerprint density at radius 1 is 1.40 bits per heavy atom. The summed E-state index contributed by atoms with van der Waals surface area (Å²) < 4.78 is 5.38. The number of hydrogen-bond acceptors (Lipinski definition) is 3. The fourth-order valence-corrected chi connectivity index (χ4v) is 2.18. The molecule has 0 bridgehead atoms. The molecule has 1 rings (SSSR count). The fraction of sp³-hybridized carbons (Fsp3) is 1.00. The molecule has 90 valence electrons. The summed E-state index contributed by atoms with van der Waals surface area (Å²) in [5, 5.41) is 0. The van der Waals surface area contributed by atoms with Crippen LogP contribution in [-0.4, -0.2) is 44.3 Å². The van der Waals surface area contributed by atoms with Gasteiger partial charge < -0.3 is 15.4 Å². The summed E-state index contributed by atoms with van der Waals surface area (Å²) in [7, 11) is 2.22. The highest BCUT2D eigenvalue weighted by atomic mass is 16.5. The molecule has 0 radical (unpaired) electrons. The first kappa shape index (κ1) is 12.9. The summed E-state index contributed by atoms with van der Waals surface area (Å²) in [6, 6.07) is 0.691. The third kappa shape index (κ3) is 3.74. The Bertz CT molecular complexity index is 174. The van der Waals surface area contributed by atoms with Crippen molar-refractivity contribution in [2.45, 2.75) is 39.2 Å². The summed E-state index contributed by atoms with van der Waals surface area (Å²) in [5.74, 6) is 0. The van der Waals surface area contributed by atoms with Gasteiger partial charge in [0, 0.05) is 25.8 Å². The van der Waals surface area contributed by atoms with Crippen LogP contribution in [0.4, 0.5) is 0 Å². The number of nitrogens with zero attached hydrogens (tertiary/aromatic N) is 1. The second-order valence-electron chi connectivity index (χ2n) is 5.13. The molecule has 0 aromatic carbocycles. The van der Waals surface area contributed by atoms with E-state index in [4.69, 9.17) is 10.5 Å². The van der Waals surface area contributed by atoms with Gasteiger partial charge in [0.25, 0.3) is 0 Å². The molecule has 0 aromatic heterocycles. The first-order valence-corrected chi connectivity index (χ1v) is 6.09. The molecule has 1 unspecified atom stereocenters. The highest BCUT2D eigenvalue weighted by Gasteiger charge is 2.26. The van der Waals surface area contributed by atoms with Crippen molar-refractivity contribution in [3.63, 3.8) is 0 Å². The first-order valence-electron chi connectivity index (χ1n) is 6.09. The molecular formula is C12H26N2O. The van der Waals surface area contributed by atoms with E-state index in [1.165, 1.54) is 12.8 Å². The quantitative estimate of drug-likeness (QED) is 0.753. The third-order valence-electron chi connectivity index (χ3n) is 3.79. The van der Waals surface area contributed by atoms with Gasteiger partial charge in [0.15, 0.2) is 0 Å². The summed E-state index contributed by atoms with van der Waals surface area (Å²) in [6.45, 7) is 8.22. The molecule has 1 saturated heterocycles. The average molecular weight is 214 g/mol. The summed E-state index contributed by atoms with van der Waals surface area (Å²) in [6.07, 6.45) is 3.48. The molecule has 3 nitrogen and oxygen atoms in total. The Morgan fingerprint density at radius 2 is 2.00 bits per heavy atom. The smallest absolute Gasteiger partial charge is 0.0480 e. The van der Waals surface area contributed by atoms with Crippen molar-refractivity contribution in [3.05, 3.63) is 0 Å². The number of hydrogen-bond donors (Lipinski definition) is 1. The lowest BCUT2D eigenvalue weighted by Gasteiger charge is -2.37. The van der Waals surface area contributed by atoms with E-state index in [1.807, 2.05) is 0 Å². The number of nitrogens with two attached hydrogens (primary N) is 1. The van der Waals surface area contributed by atoms with E-state index in [1.54, 1.807) is 0 Å². The maximum Gasteiger partial charge on any atom is 0.0480 e. The van der Waals surface area contributed by atoms with Gasteiger partial charge in [-0.15, -0.1) is 0 Å². The van der Waals surface area contributed by atoms with Crippen molar-refractivity contribution >= 4 is 0 Å². The van der Waals surface area contributed by atoms with E-state index >= 15 is 0 Å². The molecule has 0 amide bonds. The van der Waals surface area contributed by atoms with E-state index in [2.05, 4.69) is 25.8 Å². The first-order chi connectivity index (χ1) is 7.11. The van der Waals surface area contributed by atoms with Gasteiger partial charge in [-0.25, -0.2) is 0 Å². The highest BCUT2D eigenvalue weighted by Crippen LogP contribution is 2.23. The number of ether oxygens (including phenoxy) is 1. The minimum absolute atomic E-state index is 0.271. The molecule has 2 N–H and O–H groups in total. The third-order valence-corrected chi connectivity index (χ3v) is 3.79. The zero-order chi connectivity index (χ0) is 11.3. The van der Waals surface area contributed by atoms with Gasteiger partial charge in [-0.05, 0) is 38.3 Å². The van der Waals surface area contributed by atoms with Crippen LogP contribution < -0.4 is 5.73 Å². The number of rotatable bonds is 5. The van der Waals surface area contributed by atoms with Crippen molar-refractivity contribution in [1.82, 2.24) is 4.90 Å². The minimum atomic E-state index is 0.271. The second-order valence-corrected chi connectivity index (χ2v) is 5.13. The molecule has 1 atom stereocenters. The zero-order valence-corrected chi connectivity index (χ0v) is 10.5. The molecule has 1 fully saturated rings. The largest absolute Gasteiger partial charge is 0.381 e. The lowest BCUT2D eigenvalue weighted by molar-refractivity contribution is 0.0298. The molecule has 1 heterocycles. The molecule has 0 aliphatic carbocycles. The second kappa shape index (κ2) is 5.83. The summed E-state index contributed by atoms with van der Waals surface area (Å²) in [4.78, 5) is 2.47. The van der Waals surface area contributed by atoms with Crippen molar-refractivity contribution in [2.24, 2.45) is 11.1 Å². The van der Waals surface area contributed by atoms with E-state index in [9.17, 15) is 0 Å². The monoisotopic (exact) mass is 214 g/mol. The van der Waals surface area contributed by atoms with Crippen LogP contribution in [0.15, 0.2) is 0 Å². The van der Waals surface area contributed by atoms with E-state index in [0.29, 0.717) is 6.04 Å². The van der Waals surface area contributed by atoms with Crippen LogP contribution in [0, 0.1) is 5.41 Å². The van der Waals surface area contributed by atoms with Crippen molar-refractivity contribution in [2.75, 3.05) is 33.4 Å². The standard InChI is InChI=1S/C12H26N2O/c1-4-12(2,9-13)10-14(3)11-5-7-15-8-6-11/h11H,4-10,13H2,1-3H3. The van der Waals surface area contributed by atoms with Crippen LogP contribution in [0.1, 0.15) is 33.1 Å². The lowest BCUT2D eigenvalue weighted by Crippen LogP contribution is -2.45. The van der Waals surface area contributed by atoms with Crippen LogP contribution in [-0.2, 0) is 4.74 Å². The Labute approximate surface area is 94.0 Å². The van der Waals surface area contributed by atoms with Crippen LogP contribution >= 0.6 is 0 Å². The van der Waals surface area contributed by atoms with Gasteiger partial charge >= 0.3 is 0 Å². The SMILES string of the molecule is CCC(C)(CN)CN(C)C1CCOCC1. The van der Waals surface area contributed by atoms with E-state index < -0.39 is 0 Å². The molecule has 1 aliphatic heterocycles. The molecule has 0 spiro atoms. The van der Waals surface area contributed by atoms with Gasteiger partial charge in [-0.3, -0.25) is 0 Å². The van der Waals surface area contributed by atoms with Gasteiger partial charge in [0.05, 0.1) is 0 Å². The highest BCUT2D eigenvalue weighted by molar-refractivity contribution is 4.81. The fourth-order valence-electron chi connectivity index (χ4n) is 2.18. The maximum absolute atomic E-state index is 5.84.